The Bertz CT molecular complexity index is 1630. The predicted octanol–water partition coefficient (Wildman–Crippen LogP) is 6.54. The molecule has 0 aliphatic heterocycles. The maximum Gasteiger partial charge on any atom is 0.340 e. The van der Waals surface area contributed by atoms with Gasteiger partial charge in [-0.25, -0.2) is 4.79 Å². The maximum absolute atomic E-state index is 12.8. The molecular weight excluding hydrogens is 592 g/mol. The van der Waals surface area contributed by atoms with Gasteiger partial charge in [0.05, 0.1) is 64.6 Å². The van der Waals surface area contributed by atoms with E-state index in [0.717, 1.165) is 19.7 Å². The summed E-state index contributed by atoms with van der Waals surface area (Å²) in [5.41, 5.74) is 3.00. The Labute approximate surface area is 255 Å². The topological polar surface area (TPSA) is 132 Å². The van der Waals surface area contributed by atoms with Crippen molar-refractivity contribution in [3.8, 4) is 17.2 Å². The fourth-order valence-electron chi connectivity index (χ4n) is 4.19. The Morgan fingerprint density at radius 1 is 0.744 bits per heavy atom. The second-order valence-corrected chi connectivity index (χ2v) is 11.0. The number of methoxy groups -OCH3 is 1. The molecule has 0 saturated carbocycles. The molecule has 43 heavy (non-hydrogen) atoms. The monoisotopic (exact) mass is 622 g/mol. The molecule has 0 saturated heterocycles. The van der Waals surface area contributed by atoms with Crippen LogP contribution >= 0.6 is 0 Å². The zero-order chi connectivity index (χ0) is 31.1. The highest BCUT2D eigenvalue weighted by Crippen LogP contribution is 2.40. The molecule has 10 nitrogen and oxygen atoms in total. The van der Waals surface area contributed by atoms with Crippen molar-refractivity contribution < 1.29 is 36.5 Å². The van der Waals surface area contributed by atoms with E-state index in [4.69, 9.17) is 14.2 Å². The predicted molar refractivity (Wildman–Crippen MR) is 165 cm³/mol. The van der Waals surface area contributed by atoms with Crippen LogP contribution in [0, 0.1) is 13.8 Å². The molecule has 12 heteroatoms. The van der Waals surface area contributed by atoms with Crippen LogP contribution < -0.4 is 18.1 Å². The molecule has 4 rings (SSSR count). The van der Waals surface area contributed by atoms with Crippen LogP contribution in [0.4, 0.5) is 22.7 Å². The lowest BCUT2D eigenvalue weighted by atomic mass is 10.1. The first-order valence-corrected chi connectivity index (χ1v) is 15.3. The summed E-state index contributed by atoms with van der Waals surface area (Å²) < 4.78 is 68.2. The lowest BCUT2D eigenvalue weighted by Crippen LogP contribution is -2.22. The summed E-state index contributed by atoms with van der Waals surface area (Å²) in [5.74, 6) is 0.00152. The molecule has 226 valence electrons. The molecule has 0 bridgehead atoms. The minimum Gasteiger partial charge on any atom is -0.755 e. The largest absolute Gasteiger partial charge is 0.755 e. The molecule has 0 aliphatic rings. The van der Waals surface area contributed by atoms with Crippen molar-refractivity contribution in [3.05, 3.63) is 102 Å². The first-order valence-electron chi connectivity index (χ1n) is 13.2. The number of benzene rings is 4. The van der Waals surface area contributed by atoms with E-state index in [-0.39, 0.29) is 28.4 Å². The summed E-state index contributed by atoms with van der Waals surface area (Å²) in [6.07, 6.45) is 0.679. The Kier molecular flexibility index (Phi) is 10.5. The fourth-order valence-corrected chi connectivity index (χ4v) is 5.41. The van der Waals surface area contributed by atoms with Crippen LogP contribution in [0.3, 0.4) is 0 Å². The third kappa shape index (κ3) is 7.59. The maximum atomic E-state index is 12.8. The Hall–Kier alpha value is -4.23. The molecular formula is C31H30N2O8S2-2. The lowest BCUT2D eigenvalue weighted by Gasteiger charge is -2.29. The van der Waals surface area contributed by atoms with Gasteiger partial charge < -0.3 is 23.3 Å². The standard InChI is InChI=1S/C31H32N2O8S2/c1-5-18-40-30-20-26(15-17-29(30)33(43(37)38)24-12-8-22(3)9-13-24)41-25-14-16-28(27(19-25)31(34)39-4)32(42(35)36)23-10-6-21(2)7-11-23/h6-17,19-20H,5,18H2,1-4H3,(H,35,36)(H,37,38)/p-2. The molecule has 2 atom stereocenters. The molecule has 0 amide bonds. The van der Waals surface area contributed by atoms with Crippen LogP contribution in [0.5, 0.6) is 17.2 Å². The summed E-state index contributed by atoms with van der Waals surface area (Å²) in [4.78, 5) is 12.8. The van der Waals surface area contributed by atoms with E-state index in [2.05, 4.69) is 0 Å². The van der Waals surface area contributed by atoms with E-state index in [1.54, 1.807) is 54.6 Å². The smallest absolute Gasteiger partial charge is 0.340 e. The van der Waals surface area contributed by atoms with Crippen LogP contribution in [0.15, 0.2) is 84.9 Å². The number of esters is 1. The SMILES string of the molecule is CCCOc1cc(Oc2ccc(N(c3ccc(C)cc3)S(=O)[O-])c(C(=O)OC)c2)ccc1N(c1ccc(C)cc1)S(=O)[O-]. The summed E-state index contributed by atoms with van der Waals surface area (Å²) in [6.45, 7) is 6.03. The van der Waals surface area contributed by atoms with Gasteiger partial charge in [-0.15, -0.1) is 0 Å². The molecule has 0 radical (unpaired) electrons. The van der Waals surface area contributed by atoms with Crippen LogP contribution in [0.25, 0.3) is 0 Å². The van der Waals surface area contributed by atoms with E-state index in [1.807, 2.05) is 32.9 Å². The number of aryl methyl sites for hydroxylation is 2. The zero-order valence-corrected chi connectivity index (χ0v) is 25.6. The lowest BCUT2D eigenvalue weighted by molar-refractivity contribution is 0.0601. The average molecular weight is 623 g/mol. The van der Waals surface area contributed by atoms with Gasteiger partial charge >= 0.3 is 5.97 Å². The van der Waals surface area contributed by atoms with Gasteiger partial charge in [-0.2, -0.15) is 0 Å². The van der Waals surface area contributed by atoms with Crippen molar-refractivity contribution in [1.82, 2.24) is 0 Å². The number of nitrogens with zero attached hydrogens (tertiary/aromatic N) is 2. The van der Waals surface area contributed by atoms with Crippen molar-refractivity contribution in [2.75, 3.05) is 22.3 Å². The quantitative estimate of drug-likeness (QED) is 0.129. The highest BCUT2D eigenvalue weighted by molar-refractivity contribution is 7.81. The van der Waals surface area contributed by atoms with E-state index in [1.165, 1.54) is 25.3 Å². The second-order valence-electron chi connectivity index (χ2n) is 9.44. The first kappa shape index (κ1) is 31.7. The highest BCUT2D eigenvalue weighted by atomic mass is 32.2. The molecule has 2 unspecified atom stereocenters. The van der Waals surface area contributed by atoms with E-state index in [0.29, 0.717) is 30.2 Å². The van der Waals surface area contributed by atoms with Gasteiger partial charge in [0, 0.05) is 6.07 Å². The van der Waals surface area contributed by atoms with Gasteiger partial charge in [0.15, 0.2) is 0 Å². The molecule has 0 N–H and O–H groups in total. The minimum absolute atomic E-state index is 0.0452. The summed E-state index contributed by atoms with van der Waals surface area (Å²) in [6, 6.07) is 22.8. The van der Waals surface area contributed by atoms with Gasteiger partial charge in [0.25, 0.3) is 0 Å². The Morgan fingerprint density at radius 2 is 1.23 bits per heavy atom. The third-order valence-corrected chi connectivity index (χ3v) is 7.69. The van der Waals surface area contributed by atoms with Crippen molar-refractivity contribution in [3.63, 3.8) is 0 Å². The molecule has 4 aromatic rings. The van der Waals surface area contributed by atoms with Gasteiger partial charge in [-0.1, -0.05) is 42.3 Å². The number of carbonyl (C=O) groups excluding carboxylic acids is 1. The van der Waals surface area contributed by atoms with Crippen LogP contribution in [-0.4, -0.2) is 37.2 Å². The number of hydrogen-bond donors (Lipinski definition) is 0. The molecule has 0 fully saturated rings. The summed E-state index contributed by atoms with van der Waals surface area (Å²) >= 11 is -5.41. The molecule has 0 aliphatic carbocycles. The molecule has 0 heterocycles. The highest BCUT2D eigenvalue weighted by Gasteiger charge is 2.22. The number of rotatable bonds is 12. The first-order chi connectivity index (χ1) is 20.6. The number of anilines is 4. The third-order valence-electron chi connectivity index (χ3n) is 6.27. The Balaban J connectivity index is 1.73. The molecule has 0 aromatic heterocycles. The van der Waals surface area contributed by atoms with E-state index >= 15 is 0 Å². The van der Waals surface area contributed by atoms with Crippen LogP contribution in [0.2, 0.25) is 0 Å². The number of ether oxygens (including phenoxy) is 3. The second kappa shape index (κ2) is 14.3. The van der Waals surface area contributed by atoms with Gasteiger partial charge in [-0.3, -0.25) is 17.0 Å². The van der Waals surface area contributed by atoms with Crippen molar-refractivity contribution in [1.29, 1.82) is 0 Å². The Morgan fingerprint density at radius 3 is 1.72 bits per heavy atom. The van der Waals surface area contributed by atoms with Crippen LogP contribution in [-0.2, 0) is 27.3 Å². The minimum atomic E-state index is -2.76. The van der Waals surface area contributed by atoms with Crippen molar-refractivity contribution >= 4 is 51.3 Å². The van der Waals surface area contributed by atoms with E-state index < -0.39 is 28.5 Å². The van der Waals surface area contributed by atoms with Gasteiger partial charge in [-0.05, 0) is 74.9 Å². The zero-order valence-electron chi connectivity index (χ0n) is 24.0. The number of hydrogen-bond acceptors (Lipinski definition) is 8. The van der Waals surface area contributed by atoms with Crippen LogP contribution in [0.1, 0.15) is 34.8 Å². The average Bonchev–Trinajstić information content (AvgIpc) is 2.99. The molecule has 4 aromatic carbocycles. The van der Waals surface area contributed by atoms with Gasteiger partial charge in [0.2, 0.25) is 0 Å². The summed E-state index contributed by atoms with van der Waals surface area (Å²) in [5, 5.41) is 0. The molecule has 0 spiro atoms. The van der Waals surface area contributed by atoms with Crippen molar-refractivity contribution in [2.45, 2.75) is 27.2 Å². The van der Waals surface area contributed by atoms with Gasteiger partial charge in [0.1, 0.15) is 17.2 Å². The van der Waals surface area contributed by atoms with E-state index in [9.17, 15) is 22.3 Å². The fraction of sp³-hybridized carbons (Fsp3) is 0.194. The normalized spacial score (nSPS) is 12.2. The summed E-state index contributed by atoms with van der Waals surface area (Å²) in [7, 11) is 1.19. The number of carbonyl (C=O) groups is 1. The van der Waals surface area contributed by atoms with Crippen molar-refractivity contribution in [2.24, 2.45) is 0 Å².